The van der Waals surface area contributed by atoms with Gasteiger partial charge in [-0.2, -0.15) is 5.10 Å². The third-order valence-electron chi connectivity index (χ3n) is 3.23. The van der Waals surface area contributed by atoms with E-state index in [2.05, 4.69) is 20.5 Å². The first-order valence-corrected chi connectivity index (χ1v) is 6.56. The molecule has 2 aromatic heterocycles. The van der Waals surface area contributed by atoms with E-state index in [1.54, 1.807) is 24.5 Å². The molecule has 5 nitrogen and oxygen atoms in total. The van der Waals surface area contributed by atoms with E-state index in [0.717, 1.165) is 22.2 Å². The molecule has 1 amide bonds. The van der Waals surface area contributed by atoms with Crippen LogP contribution in [0.4, 0.5) is 0 Å². The Hall–Kier alpha value is -2.95. The molecule has 0 spiro atoms. The summed E-state index contributed by atoms with van der Waals surface area (Å²) in [7, 11) is 0. The monoisotopic (exact) mass is 278 g/mol. The Kier molecular flexibility index (Phi) is 3.47. The highest BCUT2D eigenvalue weighted by Gasteiger charge is 2.06. The van der Waals surface area contributed by atoms with Gasteiger partial charge in [0.25, 0.3) is 5.91 Å². The molecule has 0 bridgehead atoms. The smallest absolute Gasteiger partial charge is 0.272 e. The molecule has 104 valence electrons. The zero-order valence-corrected chi connectivity index (χ0v) is 11.5. The second-order valence-corrected chi connectivity index (χ2v) is 4.65. The first-order chi connectivity index (χ1) is 10.3. The number of aromatic amines is 1. The number of benzene rings is 1. The molecule has 0 atom stereocenters. The first kappa shape index (κ1) is 13.1. The zero-order valence-electron chi connectivity index (χ0n) is 11.5. The fourth-order valence-corrected chi connectivity index (χ4v) is 2.18. The van der Waals surface area contributed by atoms with Gasteiger partial charge in [0.15, 0.2) is 0 Å². The number of hydrogen-bond donors (Lipinski definition) is 2. The number of H-pyrrole nitrogens is 1. The Morgan fingerprint density at radius 2 is 2.14 bits per heavy atom. The van der Waals surface area contributed by atoms with Gasteiger partial charge in [0.2, 0.25) is 0 Å². The van der Waals surface area contributed by atoms with Gasteiger partial charge in [-0.25, -0.2) is 5.43 Å². The van der Waals surface area contributed by atoms with E-state index in [1.807, 2.05) is 31.2 Å². The lowest BCUT2D eigenvalue weighted by molar-refractivity contribution is 0.0955. The van der Waals surface area contributed by atoms with Gasteiger partial charge in [-0.15, -0.1) is 0 Å². The first-order valence-electron chi connectivity index (χ1n) is 6.56. The van der Waals surface area contributed by atoms with Crippen molar-refractivity contribution in [1.29, 1.82) is 0 Å². The summed E-state index contributed by atoms with van der Waals surface area (Å²) >= 11 is 0. The van der Waals surface area contributed by atoms with Crippen molar-refractivity contribution in [3.05, 3.63) is 65.6 Å². The van der Waals surface area contributed by atoms with Gasteiger partial charge in [0.05, 0.1) is 11.8 Å². The molecule has 0 saturated heterocycles. The molecule has 0 unspecified atom stereocenters. The number of carbonyl (C=O) groups excluding carboxylic acids is 1. The summed E-state index contributed by atoms with van der Waals surface area (Å²) in [5, 5.41) is 5.11. The highest BCUT2D eigenvalue weighted by Crippen LogP contribution is 2.19. The number of fused-ring (bicyclic) bond motifs is 1. The number of nitrogens with zero attached hydrogens (tertiary/aromatic N) is 2. The van der Waals surface area contributed by atoms with Gasteiger partial charge in [-0.05, 0) is 25.1 Å². The van der Waals surface area contributed by atoms with Gasteiger partial charge in [0, 0.05) is 34.6 Å². The fraction of sp³-hybridized carbons (Fsp3) is 0.0625. The number of aromatic nitrogens is 2. The highest BCUT2D eigenvalue weighted by atomic mass is 16.2. The number of aryl methyl sites for hydroxylation is 1. The van der Waals surface area contributed by atoms with E-state index in [1.165, 1.54) is 6.20 Å². The summed E-state index contributed by atoms with van der Waals surface area (Å²) in [6, 6.07) is 11.4. The molecule has 2 N–H and O–H groups in total. The van der Waals surface area contributed by atoms with Crippen LogP contribution in [0.15, 0.2) is 53.9 Å². The third-order valence-corrected chi connectivity index (χ3v) is 3.23. The standard InChI is InChI=1S/C16H14N4O/c1-11-14(13-6-2-3-7-15(13)19-11)10-18-20-16(21)12-5-4-8-17-9-12/h2-10,19H,1H3,(H,20,21)/b18-10-. The lowest BCUT2D eigenvalue weighted by Gasteiger charge is -1.98. The second-order valence-electron chi connectivity index (χ2n) is 4.65. The zero-order chi connectivity index (χ0) is 14.7. The molecule has 3 aromatic rings. The molecule has 2 heterocycles. The Balaban J connectivity index is 1.79. The number of nitrogens with one attached hydrogen (secondary N) is 2. The fourth-order valence-electron chi connectivity index (χ4n) is 2.18. The quantitative estimate of drug-likeness (QED) is 0.571. The van der Waals surface area contributed by atoms with Crippen molar-refractivity contribution < 1.29 is 4.79 Å². The normalized spacial score (nSPS) is 11.1. The van der Waals surface area contributed by atoms with Gasteiger partial charge >= 0.3 is 0 Å². The van der Waals surface area contributed by atoms with Crippen molar-refractivity contribution in [2.45, 2.75) is 6.92 Å². The average Bonchev–Trinajstić information content (AvgIpc) is 2.84. The molecule has 21 heavy (non-hydrogen) atoms. The Morgan fingerprint density at radius 1 is 1.29 bits per heavy atom. The van der Waals surface area contributed by atoms with Crippen LogP contribution in [0.1, 0.15) is 21.6 Å². The lowest BCUT2D eigenvalue weighted by Crippen LogP contribution is -2.17. The summed E-state index contributed by atoms with van der Waals surface area (Å²) in [6.07, 6.45) is 4.78. The predicted octanol–water partition coefficient (Wildman–Crippen LogP) is 2.64. The Bertz CT molecular complexity index is 806. The maximum atomic E-state index is 11.8. The molecule has 0 radical (unpaired) electrons. The van der Waals surface area contributed by atoms with Gasteiger partial charge in [-0.1, -0.05) is 18.2 Å². The molecule has 0 fully saturated rings. The van der Waals surface area contributed by atoms with Gasteiger partial charge < -0.3 is 4.98 Å². The van der Waals surface area contributed by atoms with Crippen LogP contribution in [0.25, 0.3) is 10.9 Å². The number of hydrogen-bond acceptors (Lipinski definition) is 3. The van der Waals surface area contributed by atoms with Crippen LogP contribution < -0.4 is 5.43 Å². The van der Waals surface area contributed by atoms with Crippen molar-refractivity contribution in [2.24, 2.45) is 5.10 Å². The number of pyridine rings is 1. The number of hydrazone groups is 1. The summed E-state index contributed by atoms with van der Waals surface area (Å²) < 4.78 is 0. The van der Waals surface area contributed by atoms with Crippen molar-refractivity contribution in [2.75, 3.05) is 0 Å². The van der Waals surface area contributed by atoms with Crippen LogP contribution in [-0.2, 0) is 0 Å². The molecular weight excluding hydrogens is 264 g/mol. The SMILES string of the molecule is Cc1[nH]c2ccccc2c1/C=N\NC(=O)c1cccnc1. The summed E-state index contributed by atoms with van der Waals surface area (Å²) in [4.78, 5) is 19.0. The third kappa shape index (κ3) is 2.67. The van der Waals surface area contributed by atoms with Crippen molar-refractivity contribution in [3.8, 4) is 0 Å². The van der Waals surface area contributed by atoms with Crippen molar-refractivity contribution in [3.63, 3.8) is 0 Å². The molecule has 5 heteroatoms. The number of carbonyl (C=O) groups is 1. The van der Waals surface area contributed by atoms with Gasteiger partial charge in [0.1, 0.15) is 0 Å². The van der Waals surface area contributed by atoms with Crippen LogP contribution in [-0.4, -0.2) is 22.1 Å². The topological polar surface area (TPSA) is 70.1 Å². The van der Waals surface area contributed by atoms with E-state index in [4.69, 9.17) is 0 Å². The largest absolute Gasteiger partial charge is 0.358 e. The predicted molar refractivity (Wildman–Crippen MR) is 82.3 cm³/mol. The van der Waals surface area contributed by atoms with Crippen LogP contribution >= 0.6 is 0 Å². The molecular formula is C16H14N4O. The minimum absolute atomic E-state index is 0.281. The lowest BCUT2D eigenvalue weighted by atomic mass is 10.1. The van der Waals surface area contributed by atoms with Crippen LogP contribution in [0, 0.1) is 6.92 Å². The molecule has 3 rings (SSSR count). The van der Waals surface area contributed by atoms with E-state index >= 15 is 0 Å². The average molecular weight is 278 g/mol. The molecule has 0 aliphatic carbocycles. The molecule has 0 aliphatic heterocycles. The van der Waals surface area contributed by atoms with Crippen molar-refractivity contribution >= 4 is 23.0 Å². The summed E-state index contributed by atoms with van der Waals surface area (Å²) in [5.74, 6) is -0.281. The maximum absolute atomic E-state index is 11.8. The minimum Gasteiger partial charge on any atom is -0.358 e. The van der Waals surface area contributed by atoms with E-state index in [-0.39, 0.29) is 5.91 Å². The number of para-hydroxylation sites is 1. The Labute approximate surface area is 121 Å². The van der Waals surface area contributed by atoms with E-state index in [0.29, 0.717) is 5.56 Å². The van der Waals surface area contributed by atoms with Crippen molar-refractivity contribution in [1.82, 2.24) is 15.4 Å². The highest BCUT2D eigenvalue weighted by molar-refractivity contribution is 6.01. The molecule has 0 aliphatic rings. The Morgan fingerprint density at radius 3 is 2.95 bits per heavy atom. The van der Waals surface area contributed by atoms with Gasteiger partial charge in [-0.3, -0.25) is 9.78 Å². The van der Waals surface area contributed by atoms with Crippen LogP contribution in [0.3, 0.4) is 0 Å². The van der Waals surface area contributed by atoms with Crippen LogP contribution in [0.2, 0.25) is 0 Å². The number of rotatable bonds is 3. The minimum atomic E-state index is -0.281. The number of amides is 1. The summed E-state index contributed by atoms with van der Waals surface area (Å²) in [6.45, 7) is 1.98. The summed E-state index contributed by atoms with van der Waals surface area (Å²) in [5.41, 5.74) is 6.01. The molecule has 0 saturated carbocycles. The second kappa shape index (κ2) is 5.58. The van der Waals surface area contributed by atoms with E-state index in [9.17, 15) is 4.79 Å². The van der Waals surface area contributed by atoms with Crippen LogP contribution in [0.5, 0.6) is 0 Å². The maximum Gasteiger partial charge on any atom is 0.272 e. The van der Waals surface area contributed by atoms with E-state index < -0.39 is 0 Å². The molecule has 1 aromatic carbocycles.